The van der Waals surface area contributed by atoms with Crippen LogP contribution in [0.1, 0.15) is 36.0 Å². The highest BCUT2D eigenvalue weighted by atomic mass is 16.3. The van der Waals surface area contributed by atoms with E-state index in [-0.39, 0.29) is 5.91 Å². The molecule has 0 radical (unpaired) electrons. The molecule has 0 spiro atoms. The first-order valence-electron chi connectivity index (χ1n) is 8.55. The zero-order valence-electron chi connectivity index (χ0n) is 14.4. The van der Waals surface area contributed by atoms with Gasteiger partial charge in [0.05, 0.1) is 0 Å². The molecule has 2 atom stereocenters. The number of furan rings is 1. The third-order valence-electron chi connectivity index (χ3n) is 4.76. The number of pyridine rings is 1. The van der Waals surface area contributed by atoms with Crippen LogP contribution in [0.15, 0.2) is 41.1 Å². The molecule has 24 heavy (non-hydrogen) atoms. The fourth-order valence-corrected chi connectivity index (χ4v) is 3.51. The van der Waals surface area contributed by atoms with Gasteiger partial charge in [0, 0.05) is 37.8 Å². The third-order valence-corrected chi connectivity index (χ3v) is 4.76. The van der Waals surface area contributed by atoms with Crippen molar-refractivity contribution in [2.75, 3.05) is 20.1 Å². The van der Waals surface area contributed by atoms with Crippen LogP contribution in [0.25, 0.3) is 0 Å². The summed E-state index contributed by atoms with van der Waals surface area (Å²) in [6.07, 6.45) is 5.93. The maximum atomic E-state index is 12.1. The fraction of sp³-hybridized carbons (Fsp3) is 0.474. The molecule has 0 bridgehead atoms. The topological polar surface area (TPSA) is 58.4 Å². The summed E-state index contributed by atoms with van der Waals surface area (Å²) >= 11 is 0. The Kier molecular flexibility index (Phi) is 5.30. The minimum absolute atomic E-state index is 0.0866. The Morgan fingerprint density at radius 3 is 3.00 bits per heavy atom. The highest BCUT2D eigenvalue weighted by Gasteiger charge is 2.33. The van der Waals surface area contributed by atoms with E-state index in [0.29, 0.717) is 31.3 Å². The minimum Gasteiger partial charge on any atom is -0.466 e. The Balaban J connectivity index is 1.50. The van der Waals surface area contributed by atoms with Crippen LogP contribution in [0.4, 0.5) is 0 Å². The summed E-state index contributed by atoms with van der Waals surface area (Å²) in [5, 5.41) is 3.09. The third kappa shape index (κ3) is 4.03. The highest BCUT2D eigenvalue weighted by molar-refractivity contribution is 5.76. The van der Waals surface area contributed by atoms with Gasteiger partial charge >= 0.3 is 0 Å². The molecule has 1 saturated heterocycles. The highest BCUT2D eigenvalue weighted by Crippen LogP contribution is 2.35. The number of nitrogens with one attached hydrogen (secondary N) is 1. The average Bonchev–Trinajstić information content (AvgIpc) is 3.17. The van der Waals surface area contributed by atoms with Crippen LogP contribution >= 0.6 is 0 Å². The molecular formula is C19H25N3O2. The molecule has 0 aliphatic carbocycles. The molecule has 1 amide bonds. The van der Waals surface area contributed by atoms with E-state index >= 15 is 0 Å². The monoisotopic (exact) mass is 327 g/mol. The van der Waals surface area contributed by atoms with Crippen LogP contribution in [-0.2, 0) is 11.2 Å². The number of hydrogen-bond donors (Lipinski definition) is 1. The minimum atomic E-state index is 0.0866. The molecule has 2 aromatic rings. The van der Waals surface area contributed by atoms with Crippen molar-refractivity contribution in [3.8, 4) is 0 Å². The van der Waals surface area contributed by atoms with E-state index in [1.165, 1.54) is 5.56 Å². The maximum absolute atomic E-state index is 12.1. The van der Waals surface area contributed by atoms with Crippen molar-refractivity contribution < 1.29 is 9.21 Å². The van der Waals surface area contributed by atoms with Crippen molar-refractivity contribution >= 4 is 5.91 Å². The molecule has 5 nitrogen and oxygen atoms in total. The van der Waals surface area contributed by atoms with Crippen molar-refractivity contribution in [3.05, 3.63) is 53.7 Å². The summed E-state index contributed by atoms with van der Waals surface area (Å²) in [6, 6.07) is 8.29. The van der Waals surface area contributed by atoms with Gasteiger partial charge in [-0.2, -0.15) is 0 Å². The second-order valence-electron chi connectivity index (χ2n) is 6.58. The zero-order valence-corrected chi connectivity index (χ0v) is 14.4. The lowest BCUT2D eigenvalue weighted by molar-refractivity contribution is -0.121. The van der Waals surface area contributed by atoms with E-state index < -0.39 is 0 Å². The van der Waals surface area contributed by atoms with Crippen LogP contribution in [0, 0.1) is 12.8 Å². The molecule has 0 unspecified atom stereocenters. The molecule has 1 fully saturated rings. The Labute approximate surface area is 143 Å². The zero-order chi connectivity index (χ0) is 16.9. The quantitative estimate of drug-likeness (QED) is 0.886. The van der Waals surface area contributed by atoms with Gasteiger partial charge in [0.1, 0.15) is 11.5 Å². The van der Waals surface area contributed by atoms with E-state index in [0.717, 1.165) is 24.5 Å². The van der Waals surface area contributed by atoms with E-state index in [2.05, 4.69) is 28.3 Å². The van der Waals surface area contributed by atoms with E-state index in [1.54, 1.807) is 6.20 Å². The van der Waals surface area contributed by atoms with Gasteiger partial charge < -0.3 is 9.73 Å². The van der Waals surface area contributed by atoms with Crippen molar-refractivity contribution in [2.45, 2.75) is 32.2 Å². The number of carbonyl (C=O) groups excluding carboxylic acids is 1. The van der Waals surface area contributed by atoms with Gasteiger partial charge in [-0.15, -0.1) is 0 Å². The van der Waals surface area contributed by atoms with Gasteiger partial charge in [0.25, 0.3) is 0 Å². The van der Waals surface area contributed by atoms with E-state index in [4.69, 9.17) is 4.42 Å². The van der Waals surface area contributed by atoms with Crippen molar-refractivity contribution in [2.24, 2.45) is 5.92 Å². The van der Waals surface area contributed by atoms with Gasteiger partial charge in [-0.05, 0) is 56.6 Å². The Hall–Kier alpha value is -2.14. The van der Waals surface area contributed by atoms with Crippen LogP contribution in [0.3, 0.4) is 0 Å². The maximum Gasteiger partial charge on any atom is 0.220 e. The lowest BCUT2D eigenvalue weighted by atomic mass is 9.94. The number of hydrogen-bond acceptors (Lipinski definition) is 4. The number of aryl methyl sites for hydroxylation is 2. The van der Waals surface area contributed by atoms with Crippen LogP contribution < -0.4 is 5.32 Å². The summed E-state index contributed by atoms with van der Waals surface area (Å²) in [6.45, 7) is 3.67. The molecule has 5 heteroatoms. The lowest BCUT2D eigenvalue weighted by Gasteiger charge is -2.25. The molecule has 0 aromatic carbocycles. The summed E-state index contributed by atoms with van der Waals surface area (Å²) in [5.41, 5.74) is 1.22. The number of nitrogens with zero attached hydrogens (tertiary/aromatic N) is 2. The smallest absolute Gasteiger partial charge is 0.220 e. The first-order valence-corrected chi connectivity index (χ1v) is 8.55. The van der Waals surface area contributed by atoms with Crippen LogP contribution in [0.2, 0.25) is 0 Å². The Morgan fingerprint density at radius 2 is 2.29 bits per heavy atom. The summed E-state index contributed by atoms with van der Waals surface area (Å²) < 4.78 is 5.51. The molecular weight excluding hydrogens is 302 g/mol. The SMILES string of the molecule is Cc1ccc(CCC(=O)NC[C@@H]2CCN(C)[C@H]2c2cccnc2)o1. The predicted molar refractivity (Wildman–Crippen MR) is 92.5 cm³/mol. The van der Waals surface area contributed by atoms with E-state index in [9.17, 15) is 4.79 Å². The normalized spacial score (nSPS) is 21.1. The standard InChI is InChI=1S/C19H25N3O2/c1-14-5-6-17(24-14)7-8-18(23)21-13-16-9-11-22(2)19(16)15-4-3-10-20-12-15/h3-6,10,12,16,19H,7-9,11,13H2,1-2H3,(H,21,23)/t16-,19-/m0/s1. The number of carbonyl (C=O) groups is 1. The van der Waals surface area contributed by atoms with E-state index in [1.807, 2.05) is 31.3 Å². The fourth-order valence-electron chi connectivity index (χ4n) is 3.51. The second-order valence-corrected chi connectivity index (χ2v) is 6.58. The Morgan fingerprint density at radius 1 is 1.42 bits per heavy atom. The first-order chi connectivity index (χ1) is 11.6. The summed E-state index contributed by atoms with van der Waals surface area (Å²) in [4.78, 5) is 18.7. The number of likely N-dealkylation sites (tertiary alicyclic amines) is 1. The lowest BCUT2D eigenvalue weighted by Crippen LogP contribution is -2.32. The summed E-state index contributed by atoms with van der Waals surface area (Å²) in [7, 11) is 2.14. The number of amides is 1. The van der Waals surface area contributed by atoms with Gasteiger partial charge in [-0.25, -0.2) is 0 Å². The van der Waals surface area contributed by atoms with Gasteiger partial charge in [0.15, 0.2) is 0 Å². The molecule has 1 aliphatic rings. The van der Waals surface area contributed by atoms with Crippen molar-refractivity contribution in [3.63, 3.8) is 0 Å². The molecule has 2 aromatic heterocycles. The van der Waals surface area contributed by atoms with Crippen LogP contribution in [0.5, 0.6) is 0 Å². The average molecular weight is 327 g/mol. The molecule has 1 aliphatic heterocycles. The van der Waals surface area contributed by atoms with Crippen LogP contribution in [-0.4, -0.2) is 35.9 Å². The second kappa shape index (κ2) is 7.62. The molecule has 3 rings (SSSR count). The van der Waals surface area contributed by atoms with Crippen molar-refractivity contribution in [1.82, 2.24) is 15.2 Å². The molecule has 0 saturated carbocycles. The molecule has 1 N–H and O–H groups in total. The largest absolute Gasteiger partial charge is 0.466 e. The van der Waals surface area contributed by atoms with Gasteiger partial charge in [-0.3, -0.25) is 14.7 Å². The van der Waals surface area contributed by atoms with Gasteiger partial charge in [0.2, 0.25) is 5.91 Å². The summed E-state index contributed by atoms with van der Waals surface area (Å²) in [5.74, 6) is 2.27. The Bertz CT molecular complexity index is 668. The molecule has 128 valence electrons. The van der Waals surface area contributed by atoms with Crippen molar-refractivity contribution in [1.29, 1.82) is 0 Å². The predicted octanol–water partition coefficient (Wildman–Crippen LogP) is 2.72. The van der Waals surface area contributed by atoms with Gasteiger partial charge in [-0.1, -0.05) is 6.07 Å². The molecule has 3 heterocycles. The number of aromatic nitrogens is 1. The first kappa shape index (κ1) is 16.7. The number of rotatable bonds is 6.